The van der Waals surface area contributed by atoms with Crippen LogP contribution in [0, 0.1) is 0 Å². The first-order valence-corrected chi connectivity index (χ1v) is 15.3. The second kappa shape index (κ2) is 9.93. The van der Waals surface area contributed by atoms with Gasteiger partial charge >= 0.3 is 0 Å². The molecule has 0 aliphatic carbocycles. The molecule has 0 spiro atoms. The van der Waals surface area contributed by atoms with Crippen molar-refractivity contribution in [3.8, 4) is 33.4 Å². The fourth-order valence-electron chi connectivity index (χ4n) is 7.37. The van der Waals surface area contributed by atoms with Gasteiger partial charge in [-0.15, -0.1) is 0 Å². The lowest BCUT2D eigenvalue weighted by Gasteiger charge is -2.20. The van der Waals surface area contributed by atoms with Crippen molar-refractivity contribution in [2.24, 2.45) is 0 Å². The molecule has 0 heteroatoms. The molecule has 0 aliphatic heterocycles. The molecule has 9 aromatic rings. The van der Waals surface area contributed by atoms with E-state index in [9.17, 15) is 0 Å². The summed E-state index contributed by atoms with van der Waals surface area (Å²) in [6.45, 7) is 0. The number of rotatable bonds is 3. The summed E-state index contributed by atoms with van der Waals surface area (Å²) in [6, 6.07) is 62.3. The Morgan fingerprint density at radius 1 is 0.227 bits per heavy atom. The van der Waals surface area contributed by atoms with Crippen molar-refractivity contribution < 1.29 is 0 Å². The smallest absolute Gasteiger partial charge is 0.00201 e. The van der Waals surface area contributed by atoms with Crippen LogP contribution in [-0.4, -0.2) is 0 Å². The highest BCUT2D eigenvalue weighted by Gasteiger charge is 2.19. The maximum atomic E-state index is 2.45. The highest BCUT2D eigenvalue weighted by Crippen LogP contribution is 2.47. The molecule has 9 aromatic carbocycles. The quantitative estimate of drug-likeness (QED) is 0.150. The molecule has 0 aromatic heterocycles. The van der Waals surface area contributed by atoms with Crippen LogP contribution in [0.5, 0.6) is 0 Å². The van der Waals surface area contributed by atoms with E-state index in [0.717, 1.165) is 0 Å². The maximum absolute atomic E-state index is 2.45. The van der Waals surface area contributed by atoms with Crippen LogP contribution in [0.25, 0.3) is 87.2 Å². The fraction of sp³-hybridized carbons (Fsp3) is 0. The average molecular weight is 557 g/mol. The summed E-state index contributed by atoms with van der Waals surface area (Å²) < 4.78 is 0. The predicted octanol–water partition coefficient (Wildman–Crippen LogP) is 12.5. The first-order valence-electron chi connectivity index (χ1n) is 15.3. The molecular weight excluding hydrogens is 528 g/mol. The summed E-state index contributed by atoms with van der Waals surface area (Å²) in [5.41, 5.74) is 7.63. The van der Waals surface area contributed by atoms with Crippen LogP contribution in [0.3, 0.4) is 0 Å². The van der Waals surface area contributed by atoms with Gasteiger partial charge in [-0.3, -0.25) is 0 Å². The first-order chi connectivity index (χ1) is 21.9. The van der Waals surface area contributed by atoms with Gasteiger partial charge in [-0.2, -0.15) is 0 Å². The minimum atomic E-state index is 1.24. The summed E-state index contributed by atoms with van der Waals surface area (Å²) >= 11 is 0. The molecule has 0 N–H and O–H groups in total. The molecule has 0 heterocycles. The Morgan fingerprint density at radius 2 is 0.682 bits per heavy atom. The van der Waals surface area contributed by atoms with E-state index in [-0.39, 0.29) is 0 Å². The second-order valence-electron chi connectivity index (χ2n) is 11.6. The Labute approximate surface area is 256 Å². The van der Waals surface area contributed by atoms with Crippen LogP contribution < -0.4 is 0 Å². The molecule has 0 bridgehead atoms. The minimum absolute atomic E-state index is 1.24. The van der Waals surface area contributed by atoms with Gasteiger partial charge in [0.25, 0.3) is 0 Å². The molecule has 9 rings (SSSR count). The number of benzene rings is 9. The largest absolute Gasteiger partial charge is 0.0622 e. The summed E-state index contributed by atoms with van der Waals surface area (Å²) in [5.74, 6) is 0. The van der Waals surface area contributed by atoms with Gasteiger partial charge < -0.3 is 0 Å². The SMILES string of the molecule is c1ccc(-c2c3ccccc3c(-c3cccc4c3cc(-c3cccc5ccccc35)c3ccccc34)c3ccccc23)cc1. The van der Waals surface area contributed by atoms with Crippen molar-refractivity contribution in [3.05, 3.63) is 170 Å². The molecule has 44 heavy (non-hydrogen) atoms. The van der Waals surface area contributed by atoms with Crippen LogP contribution in [0.1, 0.15) is 0 Å². The average Bonchev–Trinajstić information content (AvgIpc) is 3.10. The van der Waals surface area contributed by atoms with Gasteiger partial charge in [-0.25, -0.2) is 0 Å². The summed E-state index contributed by atoms with van der Waals surface area (Å²) in [7, 11) is 0. The van der Waals surface area contributed by atoms with E-state index in [2.05, 4.69) is 170 Å². The van der Waals surface area contributed by atoms with Gasteiger partial charge in [0.2, 0.25) is 0 Å². The lowest BCUT2D eigenvalue weighted by Crippen LogP contribution is -1.92. The highest BCUT2D eigenvalue weighted by atomic mass is 14.2. The molecule has 0 radical (unpaired) electrons. The van der Waals surface area contributed by atoms with E-state index in [1.165, 1.54) is 87.2 Å². The molecule has 0 nitrogen and oxygen atoms in total. The van der Waals surface area contributed by atoms with Crippen LogP contribution in [0.2, 0.25) is 0 Å². The molecule has 0 saturated carbocycles. The molecular formula is C44H28. The maximum Gasteiger partial charge on any atom is -0.00201 e. The predicted molar refractivity (Wildman–Crippen MR) is 190 cm³/mol. The standard InChI is InChI=1S/C44H28/c1-2-15-30(16-3-1)43-36-21-8-10-23-38(36)44(39-24-11-9-22-37(39)43)40-27-13-26-35-33-19-6-7-20-34(33)41(28-42(35)40)32-25-12-17-29-14-4-5-18-31(29)32/h1-28H. The van der Waals surface area contributed by atoms with Crippen LogP contribution in [0.15, 0.2) is 170 Å². The third-order valence-corrected chi connectivity index (χ3v) is 9.25. The van der Waals surface area contributed by atoms with Gasteiger partial charge in [-0.1, -0.05) is 164 Å². The minimum Gasteiger partial charge on any atom is -0.0622 e. The van der Waals surface area contributed by atoms with E-state index >= 15 is 0 Å². The normalized spacial score (nSPS) is 11.6. The number of hydrogen-bond acceptors (Lipinski definition) is 0. The van der Waals surface area contributed by atoms with Crippen LogP contribution in [0.4, 0.5) is 0 Å². The van der Waals surface area contributed by atoms with E-state index in [4.69, 9.17) is 0 Å². The number of fused-ring (bicyclic) bond motifs is 6. The molecule has 0 atom stereocenters. The van der Waals surface area contributed by atoms with E-state index in [1.807, 2.05) is 0 Å². The zero-order valence-corrected chi connectivity index (χ0v) is 24.2. The first kappa shape index (κ1) is 24.8. The van der Waals surface area contributed by atoms with Crippen LogP contribution >= 0.6 is 0 Å². The topological polar surface area (TPSA) is 0 Å². The Morgan fingerprint density at radius 3 is 1.39 bits per heavy atom. The Hall–Kier alpha value is -5.72. The van der Waals surface area contributed by atoms with Gasteiger partial charge in [0.15, 0.2) is 0 Å². The van der Waals surface area contributed by atoms with Gasteiger partial charge in [0.1, 0.15) is 0 Å². The van der Waals surface area contributed by atoms with Gasteiger partial charge in [0, 0.05) is 0 Å². The molecule has 204 valence electrons. The lowest BCUT2D eigenvalue weighted by molar-refractivity contribution is 1.66. The molecule has 0 saturated heterocycles. The second-order valence-corrected chi connectivity index (χ2v) is 11.6. The van der Waals surface area contributed by atoms with E-state index in [0.29, 0.717) is 0 Å². The van der Waals surface area contributed by atoms with Crippen molar-refractivity contribution in [2.45, 2.75) is 0 Å². The van der Waals surface area contributed by atoms with Crippen LogP contribution in [-0.2, 0) is 0 Å². The Balaban J connectivity index is 1.45. The highest BCUT2D eigenvalue weighted by molar-refractivity contribution is 6.26. The van der Waals surface area contributed by atoms with Crippen molar-refractivity contribution in [3.63, 3.8) is 0 Å². The zero-order valence-electron chi connectivity index (χ0n) is 24.2. The third kappa shape index (κ3) is 3.71. The summed E-state index contributed by atoms with van der Waals surface area (Å²) in [5, 5.41) is 12.8. The zero-order chi connectivity index (χ0) is 29.0. The van der Waals surface area contributed by atoms with E-state index in [1.54, 1.807) is 0 Å². The van der Waals surface area contributed by atoms with Crippen molar-refractivity contribution in [1.82, 2.24) is 0 Å². The number of hydrogen-bond donors (Lipinski definition) is 0. The third-order valence-electron chi connectivity index (χ3n) is 9.25. The van der Waals surface area contributed by atoms with Crippen molar-refractivity contribution in [2.75, 3.05) is 0 Å². The van der Waals surface area contributed by atoms with Gasteiger partial charge in [-0.05, 0) is 93.3 Å². The van der Waals surface area contributed by atoms with E-state index < -0.39 is 0 Å². The summed E-state index contributed by atoms with van der Waals surface area (Å²) in [4.78, 5) is 0. The lowest BCUT2D eigenvalue weighted by atomic mass is 9.83. The molecule has 0 fully saturated rings. The monoisotopic (exact) mass is 556 g/mol. The molecule has 0 amide bonds. The van der Waals surface area contributed by atoms with Crippen molar-refractivity contribution >= 4 is 53.9 Å². The molecule has 0 aliphatic rings. The van der Waals surface area contributed by atoms with Crippen molar-refractivity contribution in [1.29, 1.82) is 0 Å². The van der Waals surface area contributed by atoms with Gasteiger partial charge in [0.05, 0.1) is 0 Å². The molecule has 0 unspecified atom stereocenters. The fourth-order valence-corrected chi connectivity index (χ4v) is 7.37. The Bertz CT molecular complexity index is 2470. The Kier molecular flexibility index (Phi) is 5.61. The summed E-state index contributed by atoms with van der Waals surface area (Å²) in [6.07, 6.45) is 0.